The highest BCUT2D eigenvalue weighted by atomic mass is 16.7. The van der Waals surface area contributed by atoms with Crippen molar-refractivity contribution in [1.82, 2.24) is 0 Å². The Hall–Kier alpha value is -1.59. The molecule has 0 aliphatic carbocycles. The Morgan fingerprint density at radius 2 is 1.69 bits per heavy atom. The molecule has 2 rings (SSSR count). The Balaban J connectivity index is 2.18. The zero-order valence-corrected chi connectivity index (χ0v) is 16.9. The number of methoxy groups -OCH3 is 1. The number of hydrogen-bond donors (Lipinski definition) is 0. The van der Waals surface area contributed by atoms with Gasteiger partial charge >= 0.3 is 7.12 Å². The van der Waals surface area contributed by atoms with Crippen LogP contribution in [-0.2, 0) is 9.31 Å². The standard InChI is InChI=1S/C21H31BO4/c1-7-8-9-10-17(15-22-25-20(2,3)21(4,5)26-22)19(23)16-11-13-18(24-6)14-12-16/h10-14H,7-9,15H2,1-6H3/b17-10+. The average Bonchev–Trinajstić information content (AvgIpc) is 2.80. The number of Topliss-reactive ketones (excluding diaryl/α,β-unsaturated/α-hetero) is 1. The maximum Gasteiger partial charge on any atom is 0.462 e. The van der Waals surface area contributed by atoms with Crippen molar-refractivity contribution < 1.29 is 18.8 Å². The van der Waals surface area contributed by atoms with Gasteiger partial charge in [-0.15, -0.1) is 0 Å². The van der Waals surface area contributed by atoms with E-state index in [4.69, 9.17) is 14.0 Å². The lowest BCUT2D eigenvalue weighted by Crippen LogP contribution is -2.41. The van der Waals surface area contributed by atoms with Crippen molar-refractivity contribution >= 4 is 12.9 Å². The van der Waals surface area contributed by atoms with E-state index in [0.29, 0.717) is 11.9 Å². The van der Waals surface area contributed by atoms with Gasteiger partial charge in [-0.2, -0.15) is 0 Å². The van der Waals surface area contributed by atoms with Gasteiger partial charge in [0, 0.05) is 11.9 Å². The van der Waals surface area contributed by atoms with E-state index in [1.807, 2.05) is 45.9 Å². The molecule has 0 saturated carbocycles. The summed E-state index contributed by atoms with van der Waals surface area (Å²) in [4.78, 5) is 13.0. The molecule has 0 unspecified atom stereocenters. The van der Waals surface area contributed by atoms with Crippen LogP contribution in [0.5, 0.6) is 5.75 Å². The topological polar surface area (TPSA) is 44.8 Å². The molecule has 1 saturated heterocycles. The third-order valence-electron chi connectivity index (χ3n) is 5.28. The lowest BCUT2D eigenvalue weighted by atomic mass is 9.77. The van der Waals surface area contributed by atoms with Gasteiger partial charge in [0.05, 0.1) is 18.3 Å². The number of benzene rings is 1. The lowest BCUT2D eigenvalue weighted by molar-refractivity contribution is 0.00578. The Labute approximate surface area is 158 Å². The van der Waals surface area contributed by atoms with Gasteiger partial charge < -0.3 is 14.0 Å². The minimum Gasteiger partial charge on any atom is -0.497 e. The third kappa shape index (κ3) is 4.77. The van der Waals surface area contributed by atoms with Crippen LogP contribution >= 0.6 is 0 Å². The van der Waals surface area contributed by atoms with Crippen molar-refractivity contribution in [3.63, 3.8) is 0 Å². The van der Waals surface area contributed by atoms with Crippen molar-refractivity contribution in [1.29, 1.82) is 0 Å². The fourth-order valence-electron chi connectivity index (χ4n) is 2.90. The fourth-order valence-corrected chi connectivity index (χ4v) is 2.90. The van der Waals surface area contributed by atoms with E-state index in [2.05, 4.69) is 6.92 Å². The van der Waals surface area contributed by atoms with E-state index in [1.54, 1.807) is 19.2 Å². The molecular formula is C21H31BO4. The summed E-state index contributed by atoms with van der Waals surface area (Å²) in [6.45, 7) is 10.3. The zero-order chi connectivity index (χ0) is 19.4. The van der Waals surface area contributed by atoms with E-state index >= 15 is 0 Å². The first-order valence-electron chi connectivity index (χ1n) is 9.43. The van der Waals surface area contributed by atoms with Crippen molar-refractivity contribution in [2.45, 2.75) is 71.4 Å². The molecule has 0 radical (unpaired) electrons. The number of allylic oxidation sites excluding steroid dienone is 2. The van der Waals surface area contributed by atoms with Gasteiger partial charge in [0.25, 0.3) is 0 Å². The van der Waals surface area contributed by atoms with Gasteiger partial charge in [-0.25, -0.2) is 0 Å². The molecule has 5 heteroatoms. The molecule has 142 valence electrons. The SMILES string of the molecule is CCCC/C=C(\CB1OC(C)(C)C(C)(C)O1)C(=O)c1ccc(OC)cc1. The van der Waals surface area contributed by atoms with Gasteiger partial charge in [-0.1, -0.05) is 25.8 Å². The quantitative estimate of drug-likeness (QED) is 0.281. The first-order valence-corrected chi connectivity index (χ1v) is 9.43. The molecule has 0 atom stereocenters. The molecule has 1 heterocycles. The van der Waals surface area contributed by atoms with Gasteiger partial charge in [0.15, 0.2) is 5.78 Å². The first-order chi connectivity index (χ1) is 12.2. The second kappa shape index (κ2) is 8.40. The summed E-state index contributed by atoms with van der Waals surface area (Å²) in [7, 11) is 1.21. The van der Waals surface area contributed by atoms with Gasteiger partial charge in [0.2, 0.25) is 0 Å². The Morgan fingerprint density at radius 1 is 1.12 bits per heavy atom. The highest BCUT2D eigenvalue weighted by Crippen LogP contribution is 2.38. The minimum atomic E-state index is -0.407. The zero-order valence-electron chi connectivity index (χ0n) is 16.9. The second-order valence-electron chi connectivity index (χ2n) is 7.82. The van der Waals surface area contributed by atoms with Crippen LogP contribution in [0.3, 0.4) is 0 Å². The Kier molecular flexibility index (Phi) is 6.70. The summed E-state index contributed by atoms with van der Waals surface area (Å²) in [6, 6.07) is 7.23. The average molecular weight is 358 g/mol. The largest absolute Gasteiger partial charge is 0.497 e. The number of rotatable bonds is 8. The monoisotopic (exact) mass is 358 g/mol. The summed E-state index contributed by atoms with van der Waals surface area (Å²) in [5.74, 6) is 0.766. The molecule has 1 fully saturated rings. The number of unbranched alkanes of at least 4 members (excludes halogenated alkanes) is 2. The van der Waals surface area contributed by atoms with E-state index in [-0.39, 0.29) is 5.78 Å². The summed E-state index contributed by atoms with van der Waals surface area (Å²) in [6.07, 6.45) is 5.54. The van der Waals surface area contributed by atoms with E-state index in [9.17, 15) is 4.79 Å². The van der Waals surface area contributed by atoms with E-state index < -0.39 is 18.3 Å². The molecule has 1 aromatic rings. The number of carbonyl (C=O) groups excluding carboxylic acids is 1. The van der Waals surface area contributed by atoms with Crippen LogP contribution in [0, 0.1) is 0 Å². The van der Waals surface area contributed by atoms with Crippen LogP contribution in [0.15, 0.2) is 35.9 Å². The number of ether oxygens (including phenoxy) is 1. The number of carbonyl (C=O) groups is 1. The van der Waals surface area contributed by atoms with Crippen LogP contribution in [0.2, 0.25) is 6.32 Å². The summed E-state index contributed by atoms with van der Waals surface area (Å²) >= 11 is 0. The van der Waals surface area contributed by atoms with Crippen LogP contribution in [0.4, 0.5) is 0 Å². The Bertz CT molecular complexity index is 630. The van der Waals surface area contributed by atoms with Crippen LogP contribution < -0.4 is 4.74 Å². The molecule has 4 nitrogen and oxygen atoms in total. The molecule has 1 aliphatic rings. The molecule has 0 aromatic heterocycles. The molecule has 1 aliphatic heterocycles. The van der Waals surface area contributed by atoms with Crippen LogP contribution in [0.25, 0.3) is 0 Å². The first kappa shape index (κ1) is 20.7. The smallest absolute Gasteiger partial charge is 0.462 e. The minimum absolute atomic E-state index is 0.0264. The Morgan fingerprint density at radius 3 is 2.19 bits per heavy atom. The van der Waals surface area contributed by atoms with Crippen molar-refractivity contribution in [3.8, 4) is 5.75 Å². The highest BCUT2D eigenvalue weighted by Gasteiger charge is 2.51. The van der Waals surface area contributed by atoms with Crippen LogP contribution in [0.1, 0.15) is 64.2 Å². The van der Waals surface area contributed by atoms with E-state index in [1.165, 1.54) is 0 Å². The summed E-state index contributed by atoms with van der Waals surface area (Å²) < 4.78 is 17.4. The molecule has 0 bridgehead atoms. The third-order valence-corrected chi connectivity index (χ3v) is 5.28. The fraction of sp³-hybridized carbons (Fsp3) is 0.571. The summed E-state index contributed by atoms with van der Waals surface area (Å²) in [5, 5.41) is 0. The molecule has 0 spiro atoms. The van der Waals surface area contributed by atoms with Crippen molar-refractivity contribution in [2.75, 3.05) is 7.11 Å². The van der Waals surface area contributed by atoms with Crippen molar-refractivity contribution in [2.24, 2.45) is 0 Å². The normalized spacial score (nSPS) is 18.8. The van der Waals surface area contributed by atoms with E-state index in [0.717, 1.165) is 30.6 Å². The van der Waals surface area contributed by atoms with Crippen LogP contribution in [-0.4, -0.2) is 31.2 Å². The van der Waals surface area contributed by atoms with Gasteiger partial charge in [0.1, 0.15) is 5.75 Å². The number of hydrogen-bond acceptors (Lipinski definition) is 4. The second-order valence-corrected chi connectivity index (χ2v) is 7.82. The molecule has 0 amide bonds. The van der Waals surface area contributed by atoms with Crippen molar-refractivity contribution in [3.05, 3.63) is 41.5 Å². The molecule has 1 aromatic carbocycles. The van der Waals surface area contributed by atoms with Gasteiger partial charge in [-0.3, -0.25) is 4.79 Å². The molecule has 26 heavy (non-hydrogen) atoms. The predicted octanol–water partition coefficient (Wildman–Crippen LogP) is 5.09. The summed E-state index contributed by atoms with van der Waals surface area (Å²) in [5.41, 5.74) is 0.622. The predicted molar refractivity (Wildman–Crippen MR) is 106 cm³/mol. The number of ketones is 1. The molecule has 0 N–H and O–H groups in total. The molecular weight excluding hydrogens is 327 g/mol. The maximum atomic E-state index is 13.0. The van der Waals surface area contributed by atoms with Gasteiger partial charge in [-0.05, 0) is 64.0 Å². The maximum absolute atomic E-state index is 13.0. The lowest BCUT2D eigenvalue weighted by Gasteiger charge is -2.32. The highest BCUT2D eigenvalue weighted by molar-refractivity contribution is 6.47.